The third-order valence-corrected chi connectivity index (χ3v) is 4.22. The number of piperazine rings is 1. The Morgan fingerprint density at radius 3 is 2.61 bits per heavy atom. The van der Waals surface area contributed by atoms with E-state index in [-0.39, 0.29) is 5.91 Å². The molecule has 0 radical (unpaired) electrons. The van der Waals surface area contributed by atoms with E-state index in [0.29, 0.717) is 12.2 Å². The molecule has 1 fully saturated rings. The standard InChI is InChI=1S/C18H28N2O3/c1-4-5-12-23-14-16-13-15(6-7-17(16)22-3)18(21)20-10-8-19(2)9-11-20/h6-7,13H,4-5,8-12,14H2,1-3H3. The first-order valence-corrected chi connectivity index (χ1v) is 8.38. The van der Waals surface area contributed by atoms with E-state index < -0.39 is 0 Å². The molecule has 0 atom stereocenters. The molecule has 1 aromatic carbocycles. The van der Waals surface area contributed by atoms with Crippen LogP contribution >= 0.6 is 0 Å². The minimum atomic E-state index is 0.0931. The second kappa shape index (κ2) is 8.89. The zero-order valence-corrected chi connectivity index (χ0v) is 14.5. The highest BCUT2D eigenvalue weighted by Gasteiger charge is 2.21. The van der Waals surface area contributed by atoms with Crippen molar-refractivity contribution in [1.82, 2.24) is 9.80 Å². The van der Waals surface area contributed by atoms with Crippen LogP contribution in [0.5, 0.6) is 5.75 Å². The summed E-state index contributed by atoms with van der Waals surface area (Å²) in [5.41, 5.74) is 1.65. The first kappa shape index (κ1) is 17.8. The normalized spacial score (nSPS) is 15.7. The Morgan fingerprint density at radius 2 is 1.96 bits per heavy atom. The number of nitrogens with zero attached hydrogens (tertiary/aromatic N) is 2. The van der Waals surface area contributed by atoms with Gasteiger partial charge < -0.3 is 19.3 Å². The highest BCUT2D eigenvalue weighted by molar-refractivity contribution is 5.94. The van der Waals surface area contributed by atoms with Crippen molar-refractivity contribution in [2.75, 3.05) is 46.9 Å². The monoisotopic (exact) mass is 320 g/mol. The van der Waals surface area contributed by atoms with Gasteiger partial charge in [0.05, 0.1) is 13.7 Å². The average Bonchev–Trinajstić information content (AvgIpc) is 2.58. The molecule has 0 spiro atoms. The highest BCUT2D eigenvalue weighted by Crippen LogP contribution is 2.22. The summed E-state index contributed by atoms with van der Waals surface area (Å²) < 4.78 is 11.1. The topological polar surface area (TPSA) is 42.0 Å². The number of hydrogen-bond acceptors (Lipinski definition) is 4. The minimum absolute atomic E-state index is 0.0931. The number of rotatable bonds is 7. The predicted molar refractivity (Wildman–Crippen MR) is 91.0 cm³/mol. The molecule has 23 heavy (non-hydrogen) atoms. The van der Waals surface area contributed by atoms with Crippen LogP contribution in [0.4, 0.5) is 0 Å². The van der Waals surface area contributed by atoms with Crippen LogP contribution < -0.4 is 4.74 Å². The number of amides is 1. The summed E-state index contributed by atoms with van der Waals surface area (Å²) in [5.74, 6) is 0.868. The second-order valence-electron chi connectivity index (χ2n) is 6.03. The number of carbonyl (C=O) groups excluding carboxylic acids is 1. The first-order chi connectivity index (χ1) is 11.2. The molecule has 5 nitrogen and oxygen atoms in total. The van der Waals surface area contributed by atoms with Crippen LogP contribution in [-0.2, 0) is 11.3 Å². The molecule has 0 N–H and O–H groups in total. The quantitative estimate of drug-likeness (QED) is 0.724. The van der Waals surface area contributed by atoms with Gasteiger partial charge in [0.2, 0.25) is 0 Å². The molecule has 1 amide bonds. The fourth-order valence-corrected chi connectivity index (χ4v) is 2.65. The SMILES string of the molecule is CCCCOCc1cc(C(=O)N2CCN(C)CC2)ccc1OC. The number of unbranched alkanes of at least 4 members (excludes halogenated alkanes) is 1. The van der Waals surface area contributed by atoms with Crippen LogP contribution in [0.1, 0.15) is 35.7 Å². The fourth-order valence-electron chi connectivity index (χ4n) is 2.65. The lowest BCUT2D eigenvalue weighted by Gasteiger charge is -2.32. The smallest absolute Gasteiger partial charge is 0.253 e. The van der Waals surface area contributed by atoms with Crippen molar-refractivity contribution >= 4 is 5.91 Å². The van der Waals surface area contributed by atoms with Crippen molar-refractivity contribution in [3.05, 3.63) is 29.3 Å². The number of hydrogen-bond donors (Lipinski definition) is 0. The van der Waals surface area contributed by atoms with E-state index in [1.807, 2.05) is 23.1 Å². The van der Waals surface area contributed by atoms with Crippen LogP contribution in [0.3, 0.4) is 0 Å². The molecular weight excluding hydrogens is 292 g/mol. The molecule has 1 saturated heterocycles. The lowest BCUT2D eigenvalue weighted by atomic mass is 10.1. The van der Waals surface area contributed by atoms with Gasteiger partial charge >= 0.3 is 0 Å². The Morgan fingerprint density at radius 1 is 1.22 bits per heavy atom. The molecule has 1 aromatic rings. The summed E-state index contributed by atoms with van der Waals surface area (Å²) in [6, 6.07) is 5.61. The van der Waals surface area contributed by atoms with Crippen LogP contribution in [0.2, 0.25) is 0 Å². The predicted octanol–water partition coefficient (Wildman–Crippen LogP) is 2.40. The number of carbonyl (C=O) groups is 1. The van der Waals surface area contributed by atoms with E-state index in [4.69, 9.17) is 9.47 Å². The Hall–Kier alpha value is -1.59. The van der Waals surface area contributed by atoms with Crippen molar-refractivity contribution in [3.63, 3.8) is 0 Å². The van der Waals surface area contributed by atoms with Crippen LogP contribution in [0, 0.1) is 0 Å². The first-order valence-electron chi connectivity index (χ1n) is 8.38. The minimum Gasteiger partial charge on any atom is -0.496 e. The molecule has 0 aliphatic carbocycles. The number of methoxy groups -OCH3 is 1. The third-order valence-electron chi connectivity index (χ3n) is 4.22. The van der Waals surface area contributed by atoms with Gasteiger partial charge in [0, 0.05) is 43.9 Å². The molecule has 0 aromatic heterocycles. The Balaban J connectivity index is 2.05. The van der Waals surface area contributed by atoms with Crippen LogP contribution in [0.15, 0.2) is 18.2 Å². The molecule has 0 bridgehead atoms. The number of likely N-dealkylation sites (N-methyl/N-ethyl adjacent to an activating group) is 1. The number of benzene rings is 1. The maximum absolute atomic E-state index is 12.7. The fraction of sp³-hybridized carbons (Fsp3) is 0.611. The van der Waals surface area contributed by atoms with Gasteiger partial charge in [-0.05, 0) is 31.7 Å². The van der Waals surface area contributed by atoms with E-state index in [2.05, 4.69) is 18.9 Å². The van der Waals surface area contributed by atoms with Crippen molar-refractivity contribution in [2.24, 2.45) is 0 Å². The molecule has 5 heteroatoms. The molecular formula is C18H28N2O3. The zero-order valence-electron chi connectivity index (χ0n) is 14.5. The van der Waals surface area contributed by atoms with E-state index >= 15 is 0 Å². The second-order valence-corrected chi connectivity index (χ2v) is 6.03. The molecule has 0 unspecified atom stereocenters. The summed E-state index contributed by atoms with van der Waals surface area (Å²) in [5, 5.41) is 0. The van der Waals surface area contributed by atoms with E-state index in [1.54, 1.807) is 7.11 Å². The molecule has 0 saturated carbocycles. The summed E-state index contributed by atoms with van der Waals surface area (Å²) in [6.45, 7) is 6.76. The van der Waals surface area contributed by atoms with Gasteiger partial charge in [-0.1, -0.05) is 13.3 Å². The van der Waals surface area contributed by atoms with Gasteiger partial charge in [0.15, 0.2) is 0 Å². The zero-order chi connectivity index (χ0) is 16.7. The van der Waals surface area contributed by atoms with Gasteiger partial charge in [-0.3, -0.25) is 4.79 Å². The van der Waals surface area contributed by atoms with E-state index in [0.717, 1.165) is 56.9 Å². The molecule has 128 valence electrons. The highest BCUT2D eigenvalue weighted by atomic mass is 16.5. The largest absolute Gasteiger partial charge is 0.496 e. The molecule has 1 aliphatic heterocycles. The van der Waals surface area contributed by atoms with Crippen LogP contribution in [0.25, 0.3) is 0 Å². The molecule has 1 aliphatic rings. The summed E-state index contributed by atoms with van der Waals surface area (Å²) in [6.07, 6.45) is 2.15. The Labute approximate surface area is 139 Å². The van der Waals surface area contributed by atoms with E-state index in [9.17, 15) is 4.79 Å². The number of ether oxygens (including phenoxy) is 2. The lowest BCUT2D eigenvalue weighted by Crippen LogP contribution is -2.47. The van der Waals surface area contributed by atoms with Gasteiger partial charge in [0.25, 0.3) is 5.91 Å². The van der Waals surface area contributed by atoms with Gasteiger partial charge in [-0.25, -0.2) is 0 Å². The maximum Gasteiger partial charge on any atom is 0.253 e. The maximum atomic E-state index is 12.7. The van der Waals surface area contributed by atoms with Crippen molar-refractivity contribution in [2.45, 2.75) is 26.4 Å². The van der Waals surface area contributed by atoms with Crippen molar-refractivity contribution in [1.29, 1.82) is 0 Å². The summed E-state index contributed by atoms with van der Waals surface area (Å²) in [7, 11) is 3.73. The van der Waals surface area contributed by atoms with E-state index in [1.165, 1.54) is 0 Å². The lowest BCUT2D eigenvalue weighted by molar-refractivity contribution is 0.0663. The Kier molecular flexibility index (Phi) is 6.86. The van der Waals surface area contributed by atoms with Crippen molar-refractivity contribution < 1.29 is 14.3 Å². The Bertz CT molecular complexity index is 511. The average molecular weight is 320 g/mol. The summed E-state index contributed by atoms with van der Waals surface area (Å²) in [4.78, 5) is 16.8. The van der Waals surface area contributed by atoms with Crippen molar-refractivity contribution in [3.8, 4) is 5.75 Å². The van der Waals surface area contributed by atoms with Gasteiger partial charge in [0.1, 0.15) is 5.75 Å². The molecule has 1 heterocycles. The van der Waals surface area contributed by atoms with Crippen LogP contribution in [-0.4, -0.2) is 62.7 Å². The third kappa shape index (κ3) is 4.94. The molecule has 2 rings (SSSR count). The van der Waals surface area contributed by atoms with Gasteiger partial charge in [-0.15, -0.1) is 0 Å². The van der Waals surface area contributed by atoms with Gasteiger partial charge in [-0.2, -0.15) is 0 Å². The summed E-state index contributed by atoms with van der Waals surface area (Å²) >= 11 is 0.